The van der Waals surface area contributed by atoms with Gasteiger partial charge in [-0.05, 0) is 30.3 Å². The number of halogens is 1. The fourth-order valence-corrected chi connectivity index (χ4v) is 2.90. The molecule has 0 aliphatic rings. The third-order valence-corrected chi connectivity index (χ3v) is 4.35. The number of nitrogens with zero attached hydrogens (tertiary/aromatic N) is 2. The molecule has 0 aliphatic heterocycles. The van der Waals surface area contributed by atoms with Gasteiger partial charge in [0.05, 0.1) is 0 Å². The van der Waals surface area contributed by atoms with Gasteiger partial charge >= 0.3 is 0 Å². The molecule has 2 amide bonds. The first kappa shape index (κ1) is 17.7. The summed E-state index contributed by atoms with van der Waals surface area (Å²) < 4.78 is 13.1. The zero-order chi connectivity index (χ0) is 18.4. The standard InChI is InChI=1S/C18H15FN4O2S/c19-12-5-4-8-14(11-12)20-15(24)9-10-16-22-23-18(26-16)17(25)21-13-6-2-1-3-7-13/h1-8,11H,9-10H2,(H,20,24)(H,21,25). The summed E-state index contributed by atoms with van der Waals surface area (Å²) in [6.45, 7) is 0. The number of carbonyl (C=O) groups is 2. The molecule has 0 spiro atoms. The van der Waals surface area contributed by atoms with Crippen molar-refractivity contribution in [1.82, 2.24) is 10.2 Å². The first-order chi connectivity index (χ1) is 12.6. The fourth-order valence-electron chi connectivity index (χ4n) is 2.16. The van der Waals surface area contributed by atoms with Gasteiger partial charge in [0.25, 0.3) is 5.91 Å². The first-order valence-electron chi connectivity index (χ1n) is 7.84. The number of rotatable bonds is 6. The molecule has 26 heavy (non-hydrogen) atoms. The first-order valence-corrected chi connectivity index (χ1v) is 8.66. The van der Waals surface area contributed by atoms with Crippen molar-refractivity contribution < 1.29 is 14.0 Å². The highest BCUT2D eigenvalue weighted by Gasteiger charge is 2.14. The monoisotopic (exact) mass is 370 g/mol. The molecule has 1 heterocycles. The minimum atomic E-state index is -0.416. The van der Waals surface area contributed by atoms with Gasteiger partial charge in [-0.15, -0.1) is 10.2 Å². The van der Waals surface area contributed by atoms with Gasteiger partial charge in [0.2, 0.25) is 10.9 Å². The van der Waals surface area contributed by atoms with Crippen LogP contribution in [0.5, 0.6) is 0 Å². The van der Waals surface area contributed by atoms with Crippen LogP contribution in [0.2, 0.25) is 0 Å². The lowest BCUT2D eigenvalue weighted by Crippen LogP contribution is -2.12. The summed E-state index contributed by atoms with van der Waals surface area (Å²) in [6, 6.07) is 14.7. The number of carbonyl (C=O) groups excluding carboxylic acids is 2. The van der Waals surface area contributed by atoms with Crippen LogP contribution in [0.25, 0.3) is 0 Å². The topological polar surface area (TPSA) is 84.0 Å². The Balaban J connectivity index is 1.52. The highest BCUT2D eigenvalue weighted by molar-refractivity contribution is 7.13. The number of aryl methyl sites for hydroxylation is 1. The summed E-state index contributed by atoms with van der Waals surface area (Å²) in [4.78, 5) is 24.0. The van der Waals surface area contributed by atoms with Crippen molar-refractivity contribution in [2.75, 3.05) is 10.6 Å². The molecule has 0 bridgehead atoms. The van der Waals surface area contributed by atoms with E-state index in [9.17, 15) is 14.0 Å². The maximum Gasteiger partial charge on any atom is 0.286 e. The molecule has 3 rings (SSSR count). The molecule has 0 aliphatic carbocycles. The highest BCUT2D eigenvalue weighted by atomic mass is 32.1. The summed E-state index contributed by atoms with van der Waals surface area (Å²) >= 11 is 1.14. The SMILES string of the molecule is O=C(CCc1nnc(C(=O)Nc2ccccc2)s1)Nc1cccc(F)c1. The third-order valence-electron chi connectivity index (χ3n) is 3.37. The lowest BCUT2D eigenvalue weighted by molar-refractivity contribution is -0.116. The van der Waals surface area contributed by atoms with Crippen molar-refractivity contribution in [2.45, 2.75) is 12.8 Å². The normalized spacial score (nSPS) is 10.3. The largest absolute Gasteiger partial charge is 0.326 e. The number of hydrogen-bond donors (Lipinski definition) is 2. The summed E-state index contributed by atoms with van der Waals surface area (Å²) in [5, 5.41) is 14.0. The Kier molecular flexibility index (Phi) is 5.65. The molecule has 0 fully saturated rings. The number of amides is 2. The van der Waals surface area contributed by atoms with E-state index in [2.05, 4.69) is 20.8 Å². The number of anilines is 2. The van der Waals surface area contributed by atoms with Crippen LogP contribution in [0.3, 0.4) is 0 Å². The molecule has 2 N–H and O–H groups in total. The molecule has 1 aromatic heterocycles. The van der Waals surface area contributed by atoms with E-state index in [-0.39, 0.29) is 23.2 Å². The van der Waals surface area contributed by atoms with Gasteiger partial charge in [-0.1, -0.05) is 35.6 Å². The lowest BCUT2D eigenvalue weighted by Gasteiger charge is -2.04. The van der Waals surface area contributed by atoms with E-state index in [1.165, 1.54) is 18.2 Å². The zero-order valence-corrected chi connectivity index (χ0v) is 14.4. The van der Waals surface area contributed by atoms with E-state index in [4.69, 9.17) is 0 Å². The quantitative estimate of drug-likeness (QED) is 0.696. The Labute approximate surface area is 153 Å². The molecule has 0 saturated heterocycles. The number of para-hydroxylation sites is 1. The predicted molar refractivity (Wildman–Crippen MR) is 97.7 cm³/mol. The summed E-state index contributed by atoms with van der Waals surface area (Å²) in [5.74, 6) is -1.02. The molecule has 2 aromatic carbocycles. The van der Waals surface area contributed by atoms with Crippen molar-refractivity contribution >= 4 is 34.5 Å². The Morgan fingerprint density at radius 1 is 0.962 bits per heavy atom. The molecule has 8 heteroatoms. The van der Waals surface area contributed by atoms with Crippen LogP contribution in [-0.4, -0.2) is 22.0 Å². The van der Waals surface area contributed by atoms with Gasteiger partial charge in [0.15, 0.2) is 0 Å². The van der Waals surface area contributed by atoms with Crippen LogP contribution in [0.1, 0.15) is 21.2 Å². The Morgan fingerprint density at radius 2 is 1.73 bits per heavy atom. The van der Waals surface area contributed by atoms with Crippen LogP contribution in [0.15, 0.2) is 54.6 Å². The Morgan fingerprint density at radius 3 is 2.50 bits per heavy atom. The third kappa shape index (κ3) is 4.93. The summed E-state index contributed by atoms with van der Waals surface area (Å²) in [6.07, 6.45) is 0.503. The van der Waals surface area contributed by atoms with Gasteiger partial charge < -0.3 is 10.6 Å². The molecule has 0 unspecified atom stereocenters. The highest BCUT2D eigenvalue weighted by Crippen LogP contribution is 2.15. The smallest absolute Gasteiger partial charge is 0.286 e. The number of hydrogen-bond acceptors (Lipinski definition) is 5. The molecular formula is C18H15FN4O2S. The van der Waals surface area contributed by atoms with Gasteiger partial charge in [-0.3, -0.25) is 9.59 Å². The van der Waals surface area contributed by atoms with Crippen LogP contribution < -0.4 is 10.6 Å². The second kappa shape index (κ2) is 8.30. The average Bonchev–Trinajstić information content (AvgIpc) is 3.10. The average molecular weight is 370 g/mol. The molecule has 0 radical (unpaired) electrons. The van der Waals surface area contributed by atoms with E-state index < -0.39 is 5.82 Å². The number of aromatic nitrogens is 2. The summed E-state index contributed by atoms with van der Waals surface area (Å²) in [7, 11) is 0. The van der Waals surface area contributed by atoms with Gasteiger partial charge in [0, 0.05) is 24.2 Å². The van der Waals surface area contributed by atoms with E-state index in [0.717, 1.165) is 11.3 Å². The fraction of sp³-hybridized carbons (Fsp3) is 0.111. The molecule has 132 valence electrons. The van der Waals surface area contributed by atoms with Gasteiger partial charge in [-0.2, -0.15) is 0 Å². The molecule has 0 atom stereocenters. The van der Waals surface area contributed by atoms with Crippen molar-refractivity contribution in [3.8, 4) is 0 Å². The van der Waals surface area contributed by atoms with E-state index in [0.29, 0.717) is 22.8 Å². The second-order valence-corrected chi connectivity index (χ2v) is 6.44. The van der Waals surface area contributed by atoms with Crippen LogP contribution in [0.4, 0.5) is 15.8 Å². The van der Waals surface area contributed by atoms with Crippen molar-refractivity contribution in [3.63, 3.8) is 0 Å². The van der Waals surface area contributed by atoms with Crippen molar-refractivity contribution in [1.29, 1.82) is 0 Å². The number of nitrogens with one attached hydrogen (secondary N) is 2. The van der Waals surface area contributed by atoms with Gasteiger partial charge in [0.1, 0.15) is 10.8 Å². The minimum absolute atomic E-state index is 0.158. The Bertz CT molecular complexity index is 914. The maximum absolute atomic E-state index is 13.1. The predicted octanol–water partition coefficient (Wildman–Crippen LogP) is 3.50. The molecule has 3 aromatic rings. The van der Waals surface area contributed by atoms with E-state index >= 15 is 0 Å². The van der Waals surface area contributed by atoms with Crippen molar-refractivity contribution in [3.05, 3.63) is 70.4 Å². The summed E-state index contributed by atoms with van der Waals surface area (Å²) in [5.41, 5.74) is 1.07. The Hall–Kier alpha value is -3.13. The van der Waals surface area contributed by atoms with Gasteiger partial charge in [-0.25, -0.2) is 4.39 Å². The number of benzene rings is 2. The lowest BCUT2D eigenvalue weighted by atomic mass is 10.2. The van der Waals surface area contributed by atoms with Crippen LogP contribution in [-0.2, 0) is 11.2 Å². The molecule has 0 saturated carbocycles. The van der Waals surface area contributed by atoms with Crippen LogP contribution >= 0.6 is 11.3 Å². The maximum atomic E-state index is 13.1. The van der Waals surface area contributed by atoms with Crippen molar-refractivity contribution in [2.24, 2.45) is 0 Å². The second-order valence-electron chi connectivity index (χ2n) is 5.38. The van der Waals surface area contributed by atoms with Crippen LogP contribution in [0, 0.1) is 5.82 Å². The molecule has 6 nitrogen and oxygen atoms in total. The van der Waals surface area contributed by atoms with E-state index in [1.54, 1.807) is 18.2 Å². The van der Waals surface area contributed by atoms with E-state index in [1.807, 2.05) is 18.2 Å². The molecular weight excluding hydrogens is 355 g/mol. The zero-order valence-electron chi connectivity index (χ0n) is 13.6. The minimum Gasteiger partial charge on any atom is -0.326 e.